The van der Waals surface area contributed by atoms with Crippen LogP contribution >= 0.6 is 0 Å². The number of benzene rings is 3. The Morgan fingerprint density at radius 2 is 1.72 bits per heavy atom. The zero-order valence-electron chi connectivity index (χ0n) is 17.2. The highest BCUT2D eigenvalue weighted by atomic mass is 16.5. The number of amides is 2. The molecule has 0 fully saturated rings. The molecular weight excluding hydrogens is 406 g/mol. The fourth-order valence-electron chi connectivity index (χ4n) is 3.87. The number of nitrogens with zero attached hydrogens (tertiary/aromatic N) is 2. The second-order valence-electron chi connectivity index (χ2n) is 7.60. The number of hydroxylamine groups is 1. The van der Waals surface area contributed by atoms with Gasteiger partial charge in [-0.2, -0.15) is 0 Å². The quantitative estimate of drug-likeness (QED) is 0.253. The van der Waals surface area contributed by atoms with Crippen LogP contribution in [0.3, 0.4) is 0 Å². The highest BCUT2D eigenvalue weighted by molar-refractivity contribution is 5.94. The summed E-state index contributed by atoms with van der Waals surface area (Å²) in [6, 6.07) is 22.3. The van der Waals surface area contributed by atoms with Crippen molar-refractivity contribution in [1.82, 2.24) is 26.2 Å². The monoisotopic (exact) mass is 429 g/mol. The number of H-pyrrole nitrogens is 1. The fraction of sp³-hybridized carbons (Fsp3) is 0.167. The molecule has 8 heteroatoms. The first kappa shape index (κ1) is 21.2. The normalized spacial score (nSPS) is 12.8. The first-order chi connectivity index (χ1) is 15.6. The third-order valence-corrected chi connectivity index (χ3v) is 5.43. The standard InChI is InChI=1S/C24H23N5O3/c30-22(28-32)14-20(13-16-10-11-17-6-4-5-9-19(17)12-16)23(21-15-25-29-27-21)26-24(31)18-7-2-1-3-8-18/h1-12,15,20,23,32H,13-14H2,(H,26,31)(H,28,30)(H,25,27,29)/t20-,23?/m1/s1. The molecule has 1 aromatic heterocycles. The van der Waals surface area contributed by atoms with Crippen molar-refractivity contribution in [3.05, 3.63) is 95.8 Å². The van der Waals surface area contributed by atoms with Gasteiger partial charge in [-0.1, -0.05) is 65.9 Å². The van der Waals surface area contributed by atoms with Crippen LogP contribution in [0.5, 0.6) is 0 Å². The minimum Gasteiger partial charge on any atom is -0.343 e. The molecule has 0 saturated heterocycles. The third kappa shape index (κ3) is 4.98. The van der Waals surface area contributed by atoms with Crippen LogP contribution in [-0.2, 0) is 11.2 Å². The van der Waals surface area contributed by atoms with Crippen LogP contribution in [0.15, 0.2) is 79.0 Å². The number of nitrogens with one attached hydrogen (secondary N) is 3. The third-order valence-electron chi connectivity index (χ3n) is 5.43. The average molecular weight is 429 g/mol. The van der Waals surface area contributed by atoms with Crippen LogP contribution < -0.4 is 10.8 Å². The predicted molar refractivity (Wildman–Crippen MR) is 119 cm³/mol. The van der Waals surface area contributed by atoms with E-state index in [0.717, 1.165) is 16.3 Å². The number of fused-ring (bicyclic) bond motifs is 1. The van der Waals surface area contributed by atoms with Crippen LogP contribution in [0.25, 0.3) is 10.8 Å². The molecule has 0 spiro atoms. The number of hydrogen-bond acceptors (Lipinski definition) is 5. The van der Waals surface area contributed by atoms with Gasteiger partial charge in [0.2, 0.25) is 5.91 Å². The Morgan fingerprint density at radius 3 is 2.44 bits per heavy atom. The van der Waals surface area contributed by atoms with Crippen molar-refractivity contribution >= 4 is 22.6 Å². The molecule has 0 bridgehead atoms. The Morgan fingerprint density at radius 1 is 0.969 bits per heavy atom. The van der Waals surface area contributed by atoms with E-state index in [-0.39, 0.29) is 18.2 Å². The van der Waals surface area contributed by atoms with Gasteiger partial charge in [0.05, 0.1) is 6.04 Å². The zero-order valence-corrected chi connectivity index (χ0v) is 17.2. The van der Waals surface area contributed by atoms with E-state index in [0.29, 0.717) is 17.7 Å². The molecule has 0 saturated carbocycles. The smallest absolute Gasteiger partial charge is 0.251 e. The van der Waals surface area contributed by atoms with Crippen LogP contribution in [0.1, 0.15) is 34.1 Å². The van der Waals surface area contributed by atoms with Gasteiger partial charge in [0.1, 0.15) is 5.69 Å². The molecule has 1 unspecified atom stereocenters. The Bertz CT molecular complexity index is 1190. The molecule has 0 aliphatic rings. The second kappa shape index (κ2) is 9.84. The highest BCUT2D eigenvalue weighted by Crippen LogP contribution is 2.28. The van der Waals surface area contributed by atoms with Gasteiger partial charge in [0, 0.05) is 18.2 Å². The van der Waals surface area contributed by atoms with E-state index in [2.05, 4.69) is 26.8 Å². The van der Waals surface area contributed by atoms with Gasteiger partial charge >= 0.3 is 0 Å². The van der Waals surface area contributed by atoms with Crippen molar-refractivity contribution in [2.24, 2.45) is 5.92 Å². The minimum atomic E-state index is -0.606. The van der Waals surface area contributed by atoms with E-state index in [4.69, 9.17) is 5.21 Å². The lowest BCUT2D eigenvalue weighted by molar-refractivity contribution is -0.130. The van der Waals surface area contributed by atoms with Gasteiger partial charge in [0.25, 0.3) is 5.91 Å². The summed E-state index contributed by atoms with van der Waals surface area (Å²) in [5.74, 6) is -1.22. The summed E-state index contributed by atoms with van der Waals surface area (Å²) < 4.78 is 0. The maximum atomic E-state index is 12.9. The first-order valence-electron chi connectivity index (χ1n) is 10.3. The molecule has 1 heterocycles. The van der Waals surface area contributed by atoms with Crippen molar-refractivity contribution in [3.63, 3.8) is 0 Å². The van der Waals surface area contributed by atoms with Crippen LogP contribution in [0.2, 0.25) is 0 Å². The van der Waals surface area contributed by atoms with E-state index in [1.54, 1.807) is 35.9 Å². The van der Waals surface area contributed by atoms with Gasteiger partial charge in [-0.25, -0.2) is 5.48 Å². The van der Waals surface area contributed by atoms with Crippen LogP contribution in [-0.4, -0.2) is 32.4 Å². The highest BCUT2D eigenvalue weighted by Gasteiger charge is 2.30. The van der Waals surface area contributed by atoms with Crippen molar-refractivity contribution in [2.75, 3.05) is 0 Å². The molecular formula is C24H23N5O3. The topological polar surface area (TPSA) is 120 Å². The summed E-state index contributed by atoms with van der Waals surface area (Å²) in [5.41, 5.74) is 3.70. The van der Waals surface area contributed by atoms with Crippen molar-refractivity contribution in [2.45, 2.75) is 18.9 Å². The molecule has 0 radical (unpaired) electrons. The molecule has 32 heavy (non-hydrogen) atoms. The molecule has 8 nitrogen and oxygen atoms in total. The van der Waals surface area contributed by atoms with Gasteiger partial charge in [0.15, 0.2) is 0 Å². The second-order valence-corrected chi connectivity index (χ2v) is 7.60. The zero-order chi connectivity index (χ0) is 22.3. The van der Waals surface area contributed by atoms with E-state index in [1.165, 1.54) is 0 Å². The minimum absolute atomic E-state index is 0.0179. The molecule has 2 amide bonds. The van der Waals surface area contributed by atoms with Gasteiger partial charge in [-0.05, 0) is 40.8 Å². The molecule has 162 valence electrons. The molecule has 2 atom stereocenters. The van der Waals surface area contributed by atoms with Crippen molar-refractivity contribution < 1.29 is 14.8 Å². The van der Waals surface area contributed by atoms with Crippen molar-refractivity contribution in [1.29, 1.82) is 0 Å². The Balaban J connectivity index is 1.66. The summed E-state index contributed by atoms with van der Waals surface area (Å²) in [6.07, 6.45) is 2.06. The summed E-state index contributed by atoms with van der Waals surface area (Å²) in [4.78, 5) is 25.1. The summed E-state index contributed by atoms with van der Waals surface area (Å²) in [7, 11) is 0. The molecule has 0 aliphatic heterocycles. The number of carbonyl (C=O) groups is 2. The first-order valence-corrected chi connectivity index (χ1v) is 10.3. The number of aromatic amines is 1. The SMILES string of the molecule is O=C(C[C@@H](Cc1ccc2ccccc2c1)C(NC(=O)c1ccccc1)c1c[nH]nn1)NO. The molecule has 4 aromatic rings. The van der Waals surface area contributed by atoms with Crippen LogP contribution in [0, 0.1) is 5.92 Å². The Kier molecular flexibility index (Phi) is 6.52. The van der Waals surface area contributed by atoms with E-state index < -0.39 is 11.9 Å². The van der Waals surface area contributed by atoms with E-state index >= 15 is 0 Å². The van der Waals surface area contributed by atoms with E-state index in [9.17, 15) is 9.59 Å². The summed E-state index contributed by atoms with van der Waals surface area (Å²) in [5, 5.41) is 24.9. The number of hydrogen-bond donors (Lipinski definition) is 4. The van der Waals surface area contributed by atoms with Crippen molar-refractivity contribution in [3.8, 4) is 0 Å². The predicted octanol–water partition coefficient (Wildman–Crippen LogP) is 3.18. The van der Waals surface area contributed by atoms with Gasteiger partial charge < -0.3 is 5.32 Å². The largest absolute Gasteiger partial charge is 0.343 e. The lowest BCUT2D eigenvalue weighted by Gasteiger charge is -2.26. The summed E-state index contributed by atoms with van der Waals surface area (Å²) >= 11 is 0. The molecule has 3 aromatic carbocycles. The fourth-order valence-corrected chi connectivity index (χ4v) is 3.87. The molecule has 4 rings (SSSR count). The molecule has 0 aliphatic carbocycles. The Labute approximate surface area is 184 Å². The lowest BCUT2D eigenvalue weighted by Crippen LogP contribution is -2.37. The number of rotatable bonds is 8. The number of aromatic nitrogens is 3. The summed E-state index contributed by atoms with van der Waals surface area (Å²) in [6.45, 7) is 0. The number of carbonyl (C=O) groups excluding carboxylic acids is 2. The Hall–Kier alpha value is -4.04. The lowest BCUT2D eigenvalue weighted by atomic mass is 9.86. The maximum absolute atomic E-state index is 12.9. The average Bonchev–Trinajstić information content (AvgIpc) is 3.37. The van der Waals surface area contributed by atoms with Gasteiger partial charge in [-0.3, -0.25) is 19.9 Å². The van der Waals surface area contributed by atoms with E-state index in [1.807, 2.05) is 42.5 Å². The van der Waals surface area contributed by atoms with Gasteiger partial charge in [-0.15, -0.1) is 5.10 Å². The van der Waals surface area contributed by atoms with Crippen LogP contribution in [0.4, 0.5) is 0 Å². The molecule has 4 N–H and O–H groups in total. The maximum Gasteiger partial charge on any atom is 0.251 e.